The van der Waals surface area contributed by atoms with Crippen LogP contribution in [0.4, 0.5) is 0 Å². The van der Waals surface area contributed by atoms with Gasteiger partial charge in [0.25, 0.3) is 5.91 Å². The number of carbonyl (C=O) groups is 1. The summed E-state index contributed by atoms with van der Waals surface area (Å²) in [5, 5.41) is 2.83. The molecule has 0 spiro atoms. The van der Waals surface area contributed by atoms with Crippen LogP contribution in [-0.2, 0) is 0 Å². The zero-order valence-corrected chi connectivity index (χ0v) is 12.4. The van der Waals surface area contributed by atoms with Crippen molar-refractivity contribution >= 4 is 21.8 Å². The molecule has 3 rings (SSSR count). The van der Waals surface area contributed by atoms with E-state index in [4.69, 9.17) is 4.74 Å². The molecule has 0 bridgehead atoms. The third-order valence-electron chi connectivity index (χ3n) is 3.28. The third kappa shape index (κ3) is 2.56. The summed E-state index contributed by atoms with van der Waals surface area (Å²) in [7, 11) is 0. The molecule has 4 heteroatoms. The second kappa shape index (κ2) is 5.67. The van der Waals surface area contributed by atoms with Gasteiger partial charge >= 0.3 is 0 Å². The third-order valence-corrected chi connectivity index (χ3v) is 4.34. The summed E-state index contributed by atoms with van der Waals surface area (Å²) in [5.41, 5.74) is 2.79. The number of benzene rings is 2. The maximum absolute atomic E-state index is 12.0. The van der Waals surface area contributed by atoms with Gasteiger partial charge in [-0.2, -0.15) is 0 Å². The maximum atomic E-state index is 12.0. The minimum absolute atomic E-state index is 0.0602. The Labute approximate surface area is 126 Å². The van der Waals surface area contributed by atoms with Crippen LogP contribution in [0, 0.1) is 0 Å². The summed E-state index contributed by atoms with van der Waals surface area (Å²) in [6.45, 7) is 1.05. The van der Waals surface area contributed by atoms with Crippen LogP contribution in [0.25, 0.3) is 0 Å². The molecule has 20 heavy (non-hydrogen) atoms. The molecule has 1 amide bonds. The first-order valence-corrected chi connectivity index (χ1v) is 7.41. The summed E-state index contributed by atoms with van der Waals surface area (Å²) < 4.78 is 5.56. The molecule has 102 valence electrons. The van der Waals surface area contributed by atoms with E-state index in [2.05, 4.69) is 33.4 Å². The van der Waals surface area contributed by atoms with Gasteiger partial charge in [-0.1, -0.05) is 52.3 Å². The van der Waals surface area contributed by atoms with Gasteiger partial charge in [0.2, 0.25) is 0 Å². The number of nitrogens with one attached hydrogen (secondary N) is 1. The highest BCUT2D eigenvalue weighted by molar-refractivity contribution is 9.09. The minimum Gasteiger partial charge on any atom is -0.491 e. The van der Waals surface area contributed by atoms with E-state index in [9.17, 15) is 4.79 Å². The van der Waals surface area contributed by atoms with Gasteiger partial charge in [0, 0.05) is 0 Å². The number of hydrogen-bond acceptors (Lipinski definition) is 2. The van der Waals surface area contributed by atoms with Crippen molar-refractivity contribution in [3.63, 3.8) is 0 Å². The highest BCUT2D eigenvalue weighted by Gasteiger charge is 2.19. The molecular weight excluding hydrogens is 318 g/mol. The van der Waals surface area contributed by atoms with E-state index in [1.165, 1.54) is 0 Å². The number of halogens is 1. The summed E-state index contributed by atoms with van der Waals surface area (Å²) in [4.78, 5) is 12.1. The summed E-state index contributed by atoms with van der Waals surface area (Å²) >= 11 is 3.69. The van der Waals surface area contributed by atoms with Crippen molar-refractivity contribution in [1.29, 1.82) is 0 Å². The topological polar surface area (TPSA) is 38.3 Å². The molecule has 2 aromatic carbocycles. The lowest BCUT2D eigenvalue weighted by molar-refractivity contribution is 0.0957. The SMILES string of the molecule is O=C1NCCOc2ccc(C(Br)c3ccccc3)cc21. The summed E-state index contributed by atoms with van der Waals surface area (Å²) in [6, 6.07) is 15.9. The lowest BCUT2D eigenvalue weighted by Crippen LogP contribution is -2.24. The lowest BCUT2D eigenvalue weighted by Gasteiger charge is -2.13. The predicted octanol–water partition coefficient (Wildman–Crippen LogP) is 3.29. The number of fused-ring (bicyclic) bond motifs is 1. The van der Waals surface area contributed by atoms with Crippen molar-refractivity contribution < 1.29 is 9.53 Å². The van der Waals surface area contributed by atoms with Crippen molar-refractivity contribution in [2.24, 2.45) is 0 Å². The molecule has 1 heterocycles. The van der Waals surface area contributed by atoms with Gasteiger partial charge in [0.15, 0.2) is 0 Å². The van der Waals surface area contributed by atoms with Crippen molar-refractivity contribution in [1.82, 2.24) is 5.32 Å². The van der Waals surface area contributed by atoms with E-state index in [-0.39, 0.29) is 10.7 Å². The number of hydrogen-bond donors (Lipinski definition) is 1. The van der Waals surface area contributed by atoms with E-state index in [0.717, 1.165) is 11.1 Å². The number of ether oxygens (including phenoxy) is 1. The monoisotopic (exact) mass is 331 g/mol. The van der Waals surface area contributed by atoms with Crippen LogP contribution in [0.1, 0.15) is 26.3 Å². The first-order chi connectivity index (χ1) is 9.75. The highest BCUT2D eigenvalue weighted by atomic mass is 79.9. The average Bonchev–Trinajstić information content (AvgIpc) is 2.69. The van der Waals surface area contributed by atoms with Crippen LogP contribution >= 0.6 is 15.9 Å². The van der Waals surface area contributed by atoms with Crippen molar-refractivity contribution in [2.45, 2.75) is 4.83 Å². The molecule has 1 aliphatic heterocycles. The molecular formula is C16H14BrNO2. The number of rotatable bonds is 2. The normalized spacial score (nSPS) is 15.6. The second-order valence-corrected chi connectivity index (χ2v) is 5.55. The van der Waals surface area contributed by atoms with Gasteiger partial charge in [-0.25, -0.2) is 0 Å². The van der Waals surface area contributed by atoms with E-state index >= 15 is 0 Å². The first kappa shape index (κ1) is 13.2. The molecule has 0 aromatic heterocycles. The molecule has 2 aromatic rings. The van der Waals surface area contributed by atoms with Gasteiger partial charge in [-0.15, -0.1) is 0 Å². The van der Waals surface area contributed by atoms with E-state index in [0.29, 0.717) is 24.5 Å². The molecule has 3 nitrogen and oxygen atoms in total. The first-order valence-electron chi connectivity index (χ1n) is 6.49. The Bertz CT molecular complexity index is 628. The Morgan fingerprint density at radius 2 is 1.90 bits per heavy atom. The van der Waals surface area contributed by atoms with Crippen molar-refractivity contribution in [2.75, 3.05) is 13.2 Å². The Balaban J connectivity index is 1.98. The smallest absolute Gasteiger partial charge is 0.255 e. The van der Waals surface area contributed by atoms with Gasteiger partial charge in [0.05, 0.1) is 16.9 Å². The molecule has 0 aliphatic carbocycles. The molecule has 0 saturated carbocycles. The van der Waals surface area contributed by atoms with Crippen LogP contribution < -0.4 is 10.1 Å². The van der Waals surface area contributed by atoms with Gasteiger partial charge in [-0.3, -0.25) is 4.79 Å². The largest absolute Gasteiger partial charge is 0.491 e. The molecule has 1 atom stereocenters. The molecule has 1 aliphatic rings. The van der Waals surface area contributed by atoms with Crippen LogP contribution in [-0.4, -0.2) is 19.1 Å². The fourth-order valence-corrected chi connectivity index (χ4v) is 2.83. The summed E-state index contributed by atoms with van der Waals surface area (Å²) in [6.07, 6.45) is 0. The van der Waals surface area contributed by atoms with Crippen LogP contribution in [0.2, 0.25) is 0 Å². The Kier molecular flexibility index (Phi) is 3.74. The molecule has 1 unspecified atom stereocenters. The summed E-state index contributed by atoms with van der Waals surface area (Å²) in [5.74, 6) is 0.573. The number of alkyl halides is 1. The Morgan fingerprint density at radius 1 is 1.10 bits per heavy atom. The molecule has 0 radical (unpaired) electrons. The predicted molar refractivity (Wildman–Crippen MR) is 81.5 cm³/mol. The Morgan fingerprint density at radius 3 is 2.70 bits per heavy atom. The van der Waals surface area contributed by atoms with Crippen LogP contribution in [0.15, 0.2) is 48.5 Å². The molecule has 0 fully saturated rings. The van der Waals surface area contributed by atoms with E-state index < -0.39 is 0 Å². The Hall–Kier alpha value is -1.81. The quantitative estimate of drug-likeness (QED) is 0.857. The number of carbonyl (C=O) groups excluding carboxylic acids is 1. The van der Waals surface area contributed by atoms with Crippen LogP contribution in [0.5, 0.6) is 5.75 Å². The van der Waals surface area contributed by atoms with Gasteiger partial charge < -0.3 is 10.1 Å². The zero-order chi connectivity index (χ0) is 13.9. The highest BCUT2D eigenvalue weighted by Crippen LogP contribution is 2.33. The van der Waals surface area contributed by atoms with Crippen molar-refractivity contribution in [3.05, 3.63) is 65.2 Å². The van der Waals surface area contributed by atoms with Crippen molar-refractivity contribution in [3.8, 4) is 5.75 Å². The van der Waals surface area contributed by atoms with E-state index in [1.54, 1.807) is 0 Å². The molecule has 0 saturated heterocycles. The zero-order valence-electron chi connectivity index (χ0n) is 10.8. The lowest BCUT2D eigenvalue weighted by atomic mass is 10.0. The standard InChI is InChI=1S/C16H14BrNO2/c17-15(11-4-2-1-3-5-11)12-6-7-14-13(10-12)16(19)18-8-9-20-14/h1-7,10,15H,8-9H2,(H,18,19). The molecule has 1 N–H and O–H groups in total. The average molecular weight is 332 g/mol. The number of amides is 1. The van der Waals surface area contributed by atoms with Gasteiger partial charge in [0.1, 0.15) is 12.4 Å². The fourth-order valence-electron chi connectivity index (χ4n) is 2.24. The minimum atomic E-state index is -0.0767. The van der Waals surface area contributed by atoms with E-state index in [1.807, 2.05) is 36.4 Å². The second-order valence-electron chi connectivity index (χ2n) is 4.63. The maximum Gasteiger partial charge on any atom is 0.255 e. The van der Waals surface area contributed by atoms with Gasteiger partial charge in [-0.05, 0) is 23.3 Å². The van der Waals surface area contributed by atoms with Crippen LogP contribution in [0.3, 0.4) is 0 Å². The fraction of sp³-hybridized carbons (Fsp3) is 0.188.